The van der Waals surface area contributed by atoms with Crippen LogP contribution in [-0.2, 0) is 4.79 Å². The fourth-order valence-electron chi connectivity index (χ4n) is 3.30. The van der Waals surface area contributed by atoms with Gasteiger partial charge < -0.3 is 5.11 Å². The van der Waals surface area contributed by atoms with Crippen molar-refractivity contribution in [3.05, 3.63) is 34.3 Å². The number of ketones is 1. The van der Waals surface area contributed by atoms with Crippen molar-refractivity contribution in [3.8, 4) is 5.75 Å². The van der Waals surface area contributed by atoms with E-state index in [0.29, 0.717) is 0 Å². The van der Waals surface area contributed by atoms with Gasteiger partial charge in [-0.1, -0.05) is 28.1 Å². The van der Waals surface area contributed by atoms with Crippen LogP contribution in [0.4, 0.5) is 0 Å². The molecule has 100 valence electrons. The topological polar surface area (TPSA) is 37.3 Å². The summed E-state index contributed by atoms with van der Waals surface area (Å²) in [7, 11) is 0. The second-order valence-corrected chi connectivity index (χ2v) is 8.38. The van der Waals surface area contributed by atoms with E-state index in [9.17, 15) is 9.90 Å². The van der Waals surface area contributed by atoms with Gasteiger partial charge in [-0.3, -0.25) is 4.79 Å². The molecule has 1 saturated carbocycles. The first-order valence-electron chi connectivity index (χ1n) is 6.31. The quantitative estimate of drug-likeness (QED) is 0.733. The van der Waals surface area contributed by atoms with Gasteiger partial charge in [0.05, 0.1) is 4.48 Å². The minimum atomic E-state index is 0.0495. The summed E-state index contributed by atoms with van der Waals surface area (Å²) in [6.45, 7) is 2.15. The number of alkyl halides is 1. The van der Waals surface area contributed by atoms with Crippen molar-refractivity contribution in [1.29, 1.82) is 0 Å². The van der Waals surface area contributed by atoms with Gasteiger partial charge in [0.1, 0.15) is 5.75 Å². The van der Waals surface area contributed by atoms with E-state index in [-0.39, 0.29) is 27.7 Å². The van der Waals surface area contributed by atoms with Gasteiger partial charge in [0.15, 0.2) is 5.78 Å². The molecule has 2 aliphatic rings. The number of allylic oxidation sites excluding steroid dienone is 2. The van der Waals surface area contributed by atoms with Crippen LogP contribution in [0.2, 0.25) is 0 Å². The summed E-state index contributed by atoms with van der Waals surface area (Å²) in [5.41, 5.74) is 2.12. The zero-order chi connectivity index (χ0) is 13.8. The highest BCUT2D eigenvalue weighted by molar-refractivity contribution is 9.12. The molecule has 0 aromatic heterocycles. The van der Waals surface area contributed by atoms with E-state index in [1.807, 2.05) is 12.1 Å². The van der Waals surface area contributed by atoms with Crippen molar-refractivity contribution in [1.82, 2.24) is 0 Å². The number of rotatable bonds is 1. The third kappa shape index (κ3) is 2.19. The molecule has 4 heteroatoms. The van der Waals surface area contributed by atoms with Crippen LogP contribution < -0.4 is 0 Å². The van der Waals surface area contributed by atoms with Crippen LogP contribution in [0.1, 0.15) is 25.3 Å². The molecule has 0 spiro atoms. The Balaban J connectivity index is 2.05. The molecule has 1 aromatic carbocycles. The molecule has 0 heterocycles. The number of phenolic OH excluding ortho intramolecular Hbond substituents is 1. The summed E-state index contributed by atoms with van der Waals surface area (Å²) in [6, 6.07) is 7.10. The number of carbonyl (C=O) groups excluding carboxylic acids is 1. The van der Waals surface area contributed by atoms with E-state index in [4.69, 9.17) is 0 Å². The molecule has 2 aliphatic carbocycles. The van der Waals surface area contributed by atoms with Crippen molar-refractivity contribution in [3.63, 3.8) is 0 Å². The smallest absolute Gasteiger partial charge is 0.173 e. The van der Waals surface area contributed by atoms with Crippen LogP contribution in [0.15, 0.2) is 28.7 Å². The zero-order valence-electron chi connectivity index (χ0n) is 10.5. The summed E-state index contributed by atoms with van der Waals surface area (Å²) in [5.74, 6) is 0.827. The lowest BCUT2D eigenvalue weighted by atomic mass is 9.90. The fraction of sp³-hybridized carbons (Fsp3) is 0.400. The molecule has 0 amide bonds. The van der Waals surface area contributed by atoms with Crippen LogP contribution in [0, 0.1) is 11.8 Å². The second-order valence-electron chi connectivity index (χ2n) is 5.67. The highest BCUT2D eigenvalue weighted by atomic mass is 79.9. The lowest BCUT2D eigenvalue weighted by Gasteiger charge is -2.17. The van der Waals surface area contributed by atoms with E-state index < -0.39 is 0 Å². The normalized spacial score (nSPS) is 33.9. The van der Waals surface area contributed by atoms with Crippen molar-refractivity contribution in [2.45, 2.75) is 24.1 Å². The van der Waals surface area contributed by atoms with Crippen LogP contribution in [-0.4, -0.2) is 15.2 Å². The standard InChI is InChI=1S/C15H14Br2O2/c1-15(17)6-10-11(7-15)14(19)13(16)12(10)8-2-4-9(18)5-3-8/h2-5,10-11,18H,6-7H2,1H3/t10?,11-,15-/m1/s1. The molecular formula is C15H14Br2O2. The van der Waals surface area contributed by atoms with E-state index in [1.165, 1.54) is 0 Å². The summed E-state index contributed by atoms with van der Waals surface area (Å²) in [6.07, 6.45) is 1.85. The van der Waals surface area contributed by atoms with E-state index in [0.717, 1.165) is 28.5 Å². The number of fused-ring (bicyclic) bond motifs is 1. The number of hydrogen-bond acceptors (Lipinski definition) is 2. The molecule has 0 aliphatic heterocycles. The summed E-state index contributed by atoms with van der Waals surface area (Å²) in [4.78, 5) is 12.4. The first-order valence-corrected chi connectivity index (χ1v) is 7.90. The SMILES string of the molecule is C[C@@]1(Br)CC2C(c3ccc(O)cc3)=C(Br)C(=O)[C@@H]2C1. The second kappa shape index (κ2) is 4.45. The molecule has 1 N–H and O–H groups in total. The first-order chi connectivity index (χ1) is 8.89. The summed E-state index contributed by atoms with van der Waals surface area (Å²) in [5, 5.41) is 9.39. The summed E-state index contributed by atoms with van der Waals surface area (Å²) < 4.78 is 0.768. The number of carbonyl (C=O) groups is 1. The molecule has 2 nitrogen and oxygen atoms in total. The molecule has 19 heavy (non-hydrogen) atoms. The van der Waals surface area contributed by atoms with E-state index in [1.54, 1.807) is 12.1 Å². The Morgan fingerprint density at radius 3 is 2.42 bits per heavy atom. The van der Waals surface area contributed by atoms with Gasteiger partial charge in [0.25, 0.3) is 0 Å². The maximum absolute atomic E-state index is 12.4. The Morgan fingerprint density at radius 2 is 1.79 bits per heavy atom. The molecule has 3 atom stereocenters. The van der Waals surface area contributed by atoms with Crippen molar-refractivity contribution < 1.29 is 9.90 Å². The van der Waals surface area contributed by atoms with Gasteiger partial charge in [-0.2, -0.15) is 0 Å². The minimum absolute atomic E-state index is 0.0495. The van der Waals surface area contributed by atoms with E-state index >= 15 is 0 Å². The predicted octanol–water partition coefficient (Wildman–Crippen LogP) is 4.26. The van der Waals surface area contributed by atoms with Gasteiger partial charge in [-0.25, -0.2) is 0 Å². The number of halogens is 2. The average molecular weight is 386 g/mol. The largest absolute Gasteiger partial charge is 0.508 e. The molecule has 0 radical (unpaired) electrons. The van der Waals surface area contributed by atoms with E-state index in [2.05, 4.69) is 38.8 Å². The maximum Gasteiger partial charge on any atom is 0.173 e. The lowest BCUT2D eigenvalue weighted by molar-refractivity contribution is -0.118. The zero-order valence-corrected chi connectivity index (χ0v) is 13.7. The van der Waals surface area contributed by atoms with Gasteiger partial charge in [0, 0.05) is 10.2 Å². The molecule has 1 aromatic rings. The number of phenols is 1. The molecule has 0 bridgehead atoms. The van der Waals surface area contributed by atoms with Gasteiger partial charge in [-0.15, -0.1) is 0 Å². The van der Waals surface area contributed by atoms with Gasteiger partial charge in [0.2, 0.25) is 0 Å². The number of Topliss-reactive ketones (excluding diaryl/α,β-unsaturated/α-hetero) is 1. The van der Waals surface area contributed by atoms with Crippen LogP contribution in [0.5, 0.6) is 5.75 Å². The minimum Gasteiger partial charge on any atom is -0.508 e. The maximum atomic E-state index is 12.4. The Hall–Kier alpha value is -0.610. The summed E-state index contributed by atoms with van der Waals surface area (Å²) >= 11 is 7.20. The fourth-order valence-corrected chi connectivity index (χ4v) is 4.82. The highest BCUT2D eigenvalue weighted by Crippen LogP contribution is 2.56. The molecule has 0 saturated heterocycles. The molecule has 1 unspecified atom stereocenters. The third-order valence-electron chi connectivity index (χ3n) is 4.12. The Bertz CT molecular complexity index is 572. The van der Waals surface area contributed by atoms with Crippen molar-refractivity contribution >= 4 is 43.2 Å². The monoisotopic (exact) mass is 384 g/mol. The molecular weight excluding hydrogens is 372 g/mol. The Morgan fingerprint density at radius 1 is 1.21 bits per heavy atom. The van der Waals surface area contributed by atoms with Crippen molar-refractivity contribution in [2.24, 2.45) is 11.8 Å². The third-order valence-corrected chi connectivity index (χ3v) is 5.58. The number of hydrogen-bond donors (Lipinski definition) is 1. The number of aromatic hydroxyl groups is 1. The Kier molecular flexibility index (Phi) is 3.13. The van der Waals surface area contributed by atoms with Gasteiger partial charge in [-0.05, 0) is 64.9 Å². The number of benzene rings is 1. The Labute approximate surface area is 129 Å². The van der Waals surface area contributed by atoms with Crippen LogP contribution in [0.25, 0.3) is 5.57 Å². The van der Waals surface area contributed by atoms with Gasteiger partial charge >= 0.3 is 0 Å². The molecule has 3 rings (SSSR count). The average Bonchev–Trinajstić information content (AvgIpc) is 2.76. The molecule has 1 fully saturated rings. The predicted molar refractivity (Wildman–Crippen MR) is 82.5 cm³/mol. The first kappa shape index (κ1) is 13.4. The van der Waals surface area contributed by atoms with Crippen LogP contribution >= 0.6 is 31.9 Å². The van der Waals surface area contributed by atoms with Crippen molar-refractivity contribution in [2.75, 3.05) is 0 Å². The lowest BCUT2D eigenvalue weighted by Crippen LogP contribution is -2.14. The van der Waals surface area contributed by atoms with Crippen LogP contribution in [0.3, 0.4) is 0 Å². The highest BCUT2D eigenvalue weighted by Gasteiger charge is 2.51.